The number of sulfonamides is 1. The van der Waals surface area contributed by atoms with Crippen molar-refractivity contribution >= 4 is 10.0 Å². The van der Waals surface area contributed by atoms with Gasteiger partial charge in [-0.25, -0.2) is 8.42 Å². The zero-order valence-corrected chi connectivity index (χ0v) is 11.2. The minimum absolute atomic E-state index is 0.0271. The summed E-state index contributed by atoms with van der Waals surface area (Å²) in [7, 11) is -3.49. The van der Waals surface area contributed by atoms with Gasteiger partial charge in [-0.05, 0) is 44.4 Å². The molecular formula is C11H18N4O2S. The molecule has 18 heavy (non-hydrogen) atoms. The SMILES string of the molecule is Cc1ccc(S(=O)(=O)N2CCC(CN)CC2)nn1. The summed E-state index contributed by atoms with van der Waals surface area (Å²) in [6.45, 7) is 3.42. The number of rotatable bonds is 3. The largest absolute Gasteiger partial charge is 0.330 e. The van der Waals surface area contributed by atoms with Crippen LogP contribution in [0.1, 0.15) is 18.5 Å². The van der Waals surface area contributed by atoms with Crippen molar-refractivity contribution in [1.82, 2.24) is 14.5 Å². The van der Waals surface area contributed by atoms with E-state index in [2.05, 4.69) is 10.2 Å². The van der Waals surface area contributed by atoms with Gasteiger partial charge in [-0.15, -0.1) is 5.10 Å². The molecule has 0 bridgehead atoms. The molecule has 0 aromatic carbocycles. The van der Waals surface area contributed by atoms with Gasteiger partial charge in [0.1, 0.15) is 0 Å². The lowest BCUT2D eigenvalue weighted by molar-refractivity contribution is 0.277. The molecule has 0 atom stereocenters. The van der Waals surface area contributed by atoms with Gasteiger partial charge in [0.2, 0.25) is 0 Å². The summed E-state index contributed by atoms with van der Waals surface area (Å²) in [6, 6.07) is 3.17. The van der Waals surface area contributed by atoms with Crippen LogP contribution in [0.4, 0.5) is 0 Å². The molecule has 7 heteroatoms. The second-order valence-electron chi connectivity index (χ2n) is 4.60. The summed E-state index contributed by atoms with van der Waals surface area (Å²) < 4.78 is 26.0. The quantitative estimate of drug-likeness (QED) is 0.844. The molecule has 2 rings (SSSR count). The van der Waals surface area contributed by atoms with Crippen LogP contribution in [-0.4, -0.2) is 42.6 Å². The first-order valence-corrected chi connectivity index (χ1v) is 7.48. The van der Waals surface area contributed by atoms with Crippen LogP contribution in [0.25, 0.3) is 0 Å². The van der Waals surface area contributed by atoms with Gasteiger partial charge in [0.25, 0.3) is 10.0 Å². The molecule has 1 aromatic heterocycles. The van der Waals surface area contributed by atoms with E-state index in [1.807, 2.05) is 0 Å². The van der Waals surface area contributed by atoms with Crippen LogP contribution < -0.4 is 5.73 Å². The monoisotopic (exact) mass is 270 g/mol. The normalized spacial score (nSPS) is 19.0. The summed E-state index contributed by atoms with van der Waals surface area (Å²) in [5.41, 5.74) is 6.30. The van der Waals surface area contributed by atoms with Crippen LogP contribution in [0.3, 0.4) is 0 Å². The highest BCUT2D eigenvalue weighted by molar-refractivity contribution is 7.89. The van der Waals surface area contributed by atoms with Crippen molar-refractivity contribution in [3.05, 3.63) is 17.8 Å². The Hall–Kier alpha value is -1.05. The summed E-state index contributed by atoms with van der Waals surface area (Å²) >= 11 is 0. The minimum Gasteiger partial charge on any atom is -0.330 e. The number of hydrogen-bond acceptors (Lipinski definition) is 5. The maximum atomic E-state index is 12.3. The average Bonchev–Trinajstić information content (AvgIpc) is 2.39. The molecule has 0 radical (unpaired) electrons. The van der Waals surface area contributed by atoms with E-state index in [-0.39, 0.29) is 5.03 Å². The molecule has 2 N–H and O–H groups in total. The second kappa shape index (κ2) is 5.29. The number of aryl methyl sites for hydroxylation is 1. The number of aromatic nitrogens is 2. The molecular weight excluding hydrogens is 252 g/mol. The number of piperidine rings is 1. The van der Waals surface area contributed by atoms with Gasteiger partial charge in [-0.2, -0.15) is 9.40 Å². The molecule has 0 spiro atoms. The fourth-order valence-corrected chi connectivity index (χ4v) is 3.38. The Labute approximate surface area is 107 Å². The topological polar surface area (TPSA) is 89.2 Å². The van der Waals surface area contributed by atoms with E-state index in [0.29, 0.717) is 31.2 Å². The molecule has 0 saturated carbocycles. The van der Waals surface area contributed by atoms with Crippen molar-refractivity contribution in [3.63, 3.8) is 0 Å². The Kier molecular flexibility index (Phi) is 3.94. The molecule has 6 nitrogen and oxygen atoms in total. The smallest absolute Gasteiger partial charge is 0.262 e. The van der Waals surface area contributed by atoms with E-state index >= 15 is 0 Å². The Morgan fingerprint density at radius 1 is 1.33 bits per heavy atom. The molecule has 100 valence electrons. The lowest BCUT2D eigenvalue weighted by Crippen LogP contribution is -2.40. The maximum Gasteiger partial charge on any atom is 0.262 e. The van der Waals surface area contributed by atoms with Crippen molar-refractivity contribution in [1.29, 1.82) is 0 Å². The Balaban J connectivity index is 2.15. The standard InChI is InChI=1S/C11H18N4O2S/c1-9-2-3-11(14-13-9)18(16,17)15-6-4-10(8-12)5-7-15/h2-3,10H,4-8,12H2,1H3. The van der Waals surface area contributed by atoms with Gasteiger partial charge in [-0.1, -0.05) is 0 Å². The summed E-state index contributed by atoms with van der Waals surface area (Å²) in [5.74, 6) is 0.431. The first-order chi connectivity index (χ1) is 8.54. The first kappa shape index (κ1) is 13.4. The van der Waals surface area contributed by atoms with Crippen molar-refractivity contribution < 1.29 is 8.42 Å². The zero-order valence-electron chi connectivity index (χ0n) is 10.4. The van der Waals surface area contributed by atoms with Crippen LogP contribution in [0, 0.1) is 12.8 Å². The molecule has 1 fully saturated rings. The second-order valence-corrected chi connectivity index (χ2v) is 6.48. The lowest BCUT2D eigenvalue weighted by atomic mass is 9.99. The van der Waals surface area contributed by atoms with Crippen molar-refractivity contribution in [2.45, 2.75) is 24.8 Å². The van der Waals surface area contributed by atoms with Gasteiger partial charge in [0, 0.05) is 13.1 Å². The van der Waals surface area contributed by atoms with E-state index in [9.17, 15) is 8.42 Å². The first-order valence-electron chi connectivity index (χ1n) is 6.04. The summed E-state index contributed by atoms with van der Waals surface area (Å²) in [6.07, 6.45) is 1.63. The predicted molar refractivity (Wildman–Crippen MR) is 67.3 cm³/mol. The molecule has 0 amide bonds. The lowest BCUT2D eigenvalue weighted by Gasteiger charge is -2.29. The molecule has 1 aromatic rings. The van der Waals surface area contributed by atoms with Gasteiger partial charge in [0.15, 0.2) is 5.03 Å². The van der Waals surface area contributed by atoms with E-state index in [1.54, 1.807) is 13.0 Å². The van der Waals surface area contributed by atoms with Crippen LogP contribution in [0.5, 0.6) is 0 Å². The predicted octanol–water partition coefficient (Wildman–Crippen LogP) is 0.144. The van der Waals surface area contributed by atoms with E-state index in [1.165, 1.54) is 10.4 Å². The zero-order chi connectivity index (χ0) is 13.2. The van der Waals surface area contributed by atoms with Crippen LogP contribution in [0.2, 0.25) is 0 Å². The molecule has 0 aliphatic carbocycles. The molecule has 0 unspecified atom stereocenters. The van der Waals surface area contributed by atoms with Crippen molar-refractivity contribution in [3.8, 4) is 0 Å². The third kappa shape index (κ3) is 2.68. The fraction of sp³-hybridized carbons (Fsp3) is 0.636. The van der Waals surface area contributed by atoms with Gasteiger partial charge < -0.3 is 5.73 Å². The average molecular weight is 270 g/mol. The summed E-state index contributed by atoms with van der Waals surface area (Å²) in [5, 5.41) is 7.58. The van der Waals surface area contributed by atoms with Crippen molar-refractivity contribution in [2.24, 2.45) is 11.7 Å². The highest BCUT2D eigenvalue weighted by Crippen LogP contribution is 2.21. The summed E-state index contributed by atoms with van der Waals surface area (Å²) in [4.78, 5) is 0. The fourth-order valence-electron chi connectivity index (χ4n) is 2.04. The number of hydrogen-bond donors (Lipinski definition) is 1. The minimum atomic E-state index is -3.49. The Morgan fingerprint density at radius 2 is 2.00 bits per heavy atom. The van der Waals surface area contributed by atoms with Gasteiger partial charge in [0.05, 0.1) is 5.69 Å². The third-order valence-corrected chi connectivity index (χ3v) is 5.08. The van der Waals surface area contributed by atoms with Crippen molar-refractivity contribution in [2.75, 3.05) is 19.6 Å². The van der Waals surface area contributed by atoms with Gasteiger partial charge >= 0.3 is 0 Å². The van der Waals surface area contributed by atoms with Crippen LogP contribution in [-0.2, 0) is 10.0 Å². The maximum absolute atomic E-state index is 12.3. The van der Waals surface area contributed by atoms with Gasteiger partial charge in [-0.3, -0.25) is 0 Å². The third-order valence-electron chi connectivity index (χ3n) is 3.28. The Morgan fingerprint density at radius 3 is 2.50 bits per heavy atom. The number of nitrogens with zero attached hydrogens (tertiary/aromatic N) is 3. The highest BCUT2D eigenvalue weighted by Gasteiger charge is 2.30. The van der Waals surface area contributed by atoms with E-state index < -0.39 is 10.0 Å². The number of nitrogens with two attached hydrogens (primary N) is 1. The molecule has 2 heterocycles. The van der Waals surface area contributed by atoms with Crippen LogP contribution >= 0.6 is 0 Å². The molecule has 1 aliphatic rings. The van der Waals surface area contributed by atoms with E-state index in [0.717, 1.165) is 12.8 Å². The molecule has 1 aliphatic heterocycles. The highest BCUT2D eigenvalue weighted by atomic mass is 32.2. The van der Waals surface area contributed by atoms with E-state index in [4.69, 9.17) is 5.73 Å². The van der Waals surface area contributed by atoms with Crippen LogP contribution in [0.15, 0.2) is 17.2 Å². The Bertz CT molecular complexity index is 492. The molecule has 1 saturated heterocycles.